The summed E-state index contributed by atoms with van der Waals surface area (Å²) in [5.41, 5.74) is 0. The minimum Gasteiger partial charge on any atom is -0.462 e. The molecule has 0 aliphatic carbocycles. The van der Waals surface area contributed by atoms with Crippen molar-refractivity contribution < 1.29 is 28.6 Å². The summed E-state index contributed by atoms with van der Waals surface area (Å²) in [5.74, 6) is -0.954. The molecule has 0 rings (SSSR count). The average Bonchev–Trinajstić information content (AvgIpc) is 3.37. The van der Waals surface area contributed by atoms with E-state index in [-0.39, 0.29) is 31.1 Å². The fourth-order valence-electron chi connectivity index (χ4n) is 7.57. The monoisotopic (exact) mass is 983 g/mol. The van der Waals surface area contributed by atoms with Crippen molar-refractivity contribution in [3.05, 3.63) is 122 Å². The number of esters is 3. The van der Waals surface area contributed by atoms with Crippen LogP contribution in [0, 0.1) is 0 Å². The number of carbonyl (C=O) groups excluding carboxylic acids is 3. The van der Waals surface area contributed by atoms with Crippen LogP contribution in [0.4, 0.5) is 0 Å². The molecule has 0 radical (unpaired) electrons. The van der Waals surface area contributed by atoms with Gasteiger partial charge >= 0.3 is 17.9 Å². The maximum Gasteiger partial charge on any atom is 0.306 e. The van der Waals surface area contributed by atoms with Crippen LogP contribution in [0.5, 0.6) is 0 Å². The van der Waals surface area contributed by atoms with Gasteiger partial charge in [0.05, 0.1) is 0 Å². The number of carbonyl (C=O) groups is 3. The summed E-state index contributed by atoms with van der Waals surface area (Å²) >= 11 is 0. The first-order valence-electron chi connectivity index (χ1n) is 29.0. The van der Waals surface area contributed by atoms with Gasteiger partial charge in [-0.1, -0.05) is 226 Å². The highest BCUT2D eigenvalue weighted by Crippen LogP contribution is 2.14. The van der Waals surface area contributed by atoms with Crippen molar-refractivity contribution in [3.8, 4) is 0 Å². The normalized spacial score (nSPS) is 13.0. The molecule has 71 heavy (non-hydrogen) atoms. The van der Waals surface area contributed by atoms with Crippen molar-refractivity contribution in [1.29, 1.82) is 0 Å². The van der Waals surface area contributed by atoms with Crippen molar-refractivity contribution >= 4 is 17.9 Å². The molecule has 1 unspecified atom stereocenters. The van der Waals surface area contributed by atoms with Gasteiger partial charge in [0.25, 0.3) is 0 Å². The Kier molecular flexibility index (Phi) is 54.9. The summed E-state index contributed by atoms with van der Waals surface area (Å²) in [6.07, 6.45) is 80.5. The molecule has 0 spiro atoms. The Morgan fingerprint density at radius 2 is 0.577 bits per heavy atom. The predicted molar refractivity (Wildman–Crippen MR) is 306 cm³/mol. The van der Waals surface area contributed by atoms with Gasteiger partial charge in [-0.05, 0) is 128 Å². The summed E-state index contributed by atoms with van der Waals surface area (Å²) < 4.78 is 16.8. The molecule has 0 saturated heterocycles. The van der Waals surface area contributed by atoms with Gasteiger partial charge < -0.3 is 14.2 Å². The van der Waals surface area contributed by atoms with Crippen LogP contribution in [0.15, 0.2) is 122 Å². The lowest BCUT2D eigenvalue weighted by Crippen LogP contribution is -2.30. The van der Waals surface area contributed by atoms with Crippen LogP contribution in [0.3, 0.4) is 0 Å². The fraction of sp³-hybridized carbons (Fsp3) is 0.646. The summed E-state index contributed by atoms with van der Waals surface area (Å²) in [6.45, 7) is 6.40. The highest BCUT2D eigenvalue weighted by Gasteiger charge is 2.19. The maximum absolute atomic E-state index is 12.8. The van der Waals surface area contributed by atoms with E-state index >= 15 is 0 Å². The number of allylic oxidation sites excluding steroid dienone is 20. The Labute approximate surface area is 437 Å². The van der Waals surface area contributed by atoms with Gasteiger partial charge in [0.1, 0.15) is 13.2 Å². The van der Waals surface area contributed by atoms with E-state index in [0.717, 1.165) is 141 Å². The molecule has 402 valence electrons. The molecule has 0 aliphatic heterocycles. The molecule has 0 aromatic rings. The highest BCUT2D eigenvalue weighted by molar-refractivity contribution is 5.71. The molecular weight excluding hydrogens is 877 g/mol. The summed E-state index contributed by atoms with van der Waals surface area (Å²) in [5, 5.41) is 0. The lowest BCUT2D eigenvalue weighted by molar-refractivity contribution is -0.167. The summed E-state index contributed by atoms with van der Waals surface area (Å²) in [4.78, 5) is 38.1. The van der Waals surface area contributed by atoms with Crippen molar-refractivity contribution in [1.82, 2.24) is 0 Å². The smallest absolute Gasteiger partial charge is 0.306 e. The van der Waals surface area contributed by atoms with E-state index in [2.05, 4.69) is 142 Å². The molecule has 6 nitrogen and oxygen atoms in total. The van der Waals surface area contributed by atoms with Gasteiger partial charge in [0.15, 0.2) is 6.10 Å². The zero-order valence-corrected chi connectivity index (χ0v) is 45.9. The fourth-order valence-corrected chi connectivity index (χ4v) is 7.57. The molecule has 0 bridgehead atoms. The third kappa shape index (κ3) is 56.6. The second-order valence-corrected chi connectivity index (χ2v) is 18.8. The van der Waals surface area contributed by atoms with Gasteiger partial charge in [-0.2, -0.15) is 0 Å². The summed E-state index contributed by atoms with van der Waals surface area (Å²) in [7, 11) is 0. The van der Waals surface area contributed by atoms with E-state index in [4.69, 9.17) is 14.2 Å². The first-order valence-corrected chi connectivity index (χ1v) is 29.0. The van der Waals surface area contributed by atoms with E-state index in [1.54, 1.807) is 0 Å². The van der Waals surface area contributed by atoms with Crippen LogP contribution in [0.25, 0.3) is 0 Å². The molecule has 0 N–H and O–H groups in total. The Hall–Kier alpha value is -4.19. The van der Waals surface area contributed by atoms with Crippen molar-refractivity contribution in [3.63, 3.8) is 0 Å². The molecule has 0 heterocycles. The third-order valence-corrected chi connectivity index (χ3v) is 11.9. The van der Waals surface area contributed by atoms with Crippen molar-refractivity contribution in [2.75, 3.05) is 13.2 Å². The Morgan fingerprint density at radius 1 is 0.296 bits per heavy atom. The highest BCUT2D eigenvalue weighted by atomic mass is 16.6. The topological polar surface area (TPSA) is 78.9 Å². The minimum absolute atomic E-state index is 0.0993. The first kappa shape index (κ1) is 66.8. The summed E-state index contributed by atoms with van der Waals surface area (Å²) in [6, 6.07) is 0. The SMILES string of the molecule is CC/C=C\C/C=C\C/C=C\C/C=C\C/C=C\C/C=C\C/C=C\CCCCCC(=O)OCC(COC(=O)CCCCCCC/C=C\CCC)OC(=O)CCCCCCCCC/C=C\C/C=C\CCCCCC. The first-order chi connectivity index (χ1) is 35.0. The van der Waals surface area contributed by atoms with Crippen LogP contribution < -0.4 is 0 Å². The number of hydrogen-bond donors (Lipinski definition) is 0. The number of hydrogen-bond acceptors (Lipinski definition) is 6. The van der Waals surface area contributed by atoms with Crippen molar-refractivity contribution in [2.24, 2.45) is 0 Å². The van der Waals surface area contributed by atoms with Gasteiger partial charge in [0, 0.05) is 19.3 Å². The number of unbranched alkanes of at least 4 members (excludes halogenated alkanes) is 20. The molecule has 6 heteroatoms. The zero-order valence-electron chi connectivity index (χ0n) is 45.9. The van der Waals surface area contributed by atoms with Gasteiger partial charge in [0.2, 0.25) is 0 Å². The largest absolute Gasteiger partial charge is 0.462 e. The zero-order chi connectivity index (χ0) is 51.4. The quantitative estimate of drug-likeness (QED) is 0.0261. The number of rotatable bonds is 51. The van der Waals surface area contributed by atoms with Gasteiger partial charge in [-0.25, -0.2) is 0 Å². The van der Waals surface area contributed by atoms with E-state index in [1.807, 2.05) is 0 Å². The Morgan fingerprint density at radius 3 is 0.944 bits per heavy atom. The molecule has 0 aliphatic rings. The second-order valence-electron chi connectivity index (χ2n) is 18.8. The van der Waals surface area contributed by atoms with Crippen LogP contribution >= 0.6 is 0 Å². The molecule has 0 saturated carbocycles. The van der Waals surface area contributed by atoms with E-state index < -0.39 is 6.10 Å². The molecular formula is C65H106O6. The number of ether oxygens (including phenoxy) is 3. The Bertz CT molecular complexity index is 1500. The lowest BCUT2D eigenvalue weighted by Gasteiger charge is -2.18. The molecule has 0 amide bonds. The van der Waals surface area contributed by atoms with Gasteiger partial charge in [-0.3, -0.25) is 14.4 Å². The van der Waals surface area contributed by atoms with Gasteiger partial charge in [-0.15, -0.1) is 0 Å². The van der Waals surface area contributed by atoms with Crippen LogP contribution in [-0.4, -0.2) is 37.2 Å². The molecule has 1 atom stereocenters. The van der Waals surface area contributed by atoms with E-state index in [0.29, 0.717) is 19.3 Å². The van der Waals surface area contributed by atoms with Crippen LogP contribution in [0.1, 0.15) is 252 Å². The van der Waals surface area contributed by atoms with Crippen LogP contribution in [-0.2, 0) is 28.6 Å². The molecule has 0 fully saturated rings. The third-order valence-electron chi connectivity index (χ3n) is 11.9. The average molecular weight is 984 g/mol. The Balaban J connectivity index is 4.40. The van der Waals surface area contributed by atoms with Crippen molar-refractivity contribution in [2.45, 2.75) is 258 Å². The lowest BCUT2D eigenvalue weighted by atomic mass is 10.1. The standard InChI is InChI=1S/C65H106O6/c1-4-7-10-13-16-19-22-24-26-28-30-31-32-33-34-35-36-38-39-41-43-46-49-52-55-58-64(67)70-61-62(60-69-63(66)57-54-51-48-45-21-18-15-12-9-6-3)71-65(68)59-56-53-50-47-44-42-40-37-29-27-25-23-20-17-14-11-8-5-2/h7,10,12,15-16,19-20,23-24,26-27,29-31,33-34,36,38,41,43,62H,4-6,8-9,11,13-14,17-18,21-22,25,28,32,35,37,39-40,42,44-61H2,1-3H3/b10-7-,15-12-,19-16-,23-20-,26-24-,29-27-,31-30-,34-33-,38-36-,43-41-. The second kappa shape index (κ2) is 58.4. The van der Waals surface area contributed by atoms with E-state index in [1.165, 1.54) is 70.6 Å². The maximum atomic E-state index is 12.8. The predicted octanol–water partition coefficient (Wildman–Crippen LogP) is 19.6. The molecule has 0 aromatic carbocycles. The molecule has 0 aromatic heterocycles. The van der Waals surface area contributed by atoms with E-state index in [9.17, 15) is 14.4 Å². The minimum atomic E-state index is -0.803. The van der Waals surface area contributed by atoms with Crippen LogP contribution in [0.2, 0.25) is 0 Å².